The molecule has 0 amide bonds. The molecule has 0 aliphatic rings. The number of aromatic nitrogens is 1. The van der Waals surface area contributed by atoms with Crippen molar-refractivity contribution in [3.8, 4) is 5.88 Å². The summed E-state index contributed by atoms with van der Waals surface area (Å²) in [6, 6.07) is 3.71. The Morgan fingerprint density at radius 3 is 3.00 bits per heavy atom. The topological polar surface area (TPSA) is 34.1 Å². The molecule has 1 aromatic rings. The summed E-state index contributed by atoms with van der Waals surface area (Å²) in [5.41, 5.74) is 2.13. The fraction of sp³-hybridized carbons (Fsp3) is 0.364. The van der Waals surface area contributed by atoms with Gasteiger partial charge in [0, 0.05) is 16.8 Å². The van der Waals surface area contributed by atoms with E-state index in [1.54, 1.807) is 6.20 Å². The lowest BCUT2D eigenvalue weighted by Crippen LogP contribution is -2.10. The summed E-state index contributed by atoms with van der Waals surface area (Å²) < 4.78 is 5.54. The van der Waals surface area contributed by atoms with Crippen molar-refractivity contribution >= 4 is 28.9 Å². The quantitative estimate of drug-likeness (QED) is 0.879. The molecule has 0 unspecified atom stereocenters. The van der Waals surface area contributed by atoms with Crippen LogP contribution >= 0.6 is 23.2 Å². The molecule has 0 saturated carbocycles. The average Bonchev–Trinajstić information content (AvgIpc) is 2.26. The molecule has 5 heteroatoms. The second-order valence-electron chi connectivity index (χ2n) is 3.43. The van der Waals surface area contributed by atoms with Gasteiger partial charge in [0.2, 0.25) is 5.88 Å². The van der Waals surface area contributed by atoms with E-state index < -0.39 is 0 Å². The predicted molar refractivity (Wildman–Crippen MR) is 68.3 cm³/mol. The number of nitrogens with zero attached hydrogens (tertiary/aromatic N) is 1. The molecule has 16 heavy (non-hydrogen) atoms. The van der Waals surface area contributed by atoms with Crippen LogP contribution in [-0.4, -0.2) is 17.6 Å². The SMILES string of the molecule is CC(C)Oc1ncccc1NCC(Cl)=CCl. The van der Waals surface area contributed by atoms with Crippen LogP contribution in [0, 0.1) is 0 Å². The lowest BCUT2D eigenvalue weighted by atomic mass is 10.4. The Kier molecular flexibility index (Phi) is 5.43. The Balaban J connectivity index is 2.71. The summed E-state index contributed by atoms with van der Waals surface area (Å²) in [6.07, 6.45) is 1.76. The van der Waals surface area contributed by atoms with E-state index in [0.29, 0.717) is 17.5 Å². The molecule has 0 bridgehead atoms. The van der Waals surface area contributed by atoms with E-state index in [4.69, 9.17) is 27.9 Å². The maximum atomic E-state index is 5.78. The highest BCUT2D eigenvalue weighted by atomic mass is 35.5. The standard InChI is InChI=1S/C11H14Cl2N2O/c1-8(2)16-11-10(4-3-5-14-11)15-7-9(13)6-12/h3-6,8,15H,7H2,1-2H3. The third kappa shape index (κ3) is 4.29. The Labute approximate surface area is 105 Å². The van der Waals surface area contributed by atoms with Crippen LogP contribution in [0.25, 0.3) is 0 Å². The number of pyridine rings is 1. The molecular weight excluding hydrogens is 247 g/mol. The lowest BCUT2D eigenvalue weighted by molar-refractivity contribution is 0.234. The highest BCUT2D eigenvalue weighted by molar-refractivity contribution is 6.36. The first-order valence-corrected chi connectivity index (χ1v) is 5.75. The van der Waals surface area contributed by atoms with E-state index in [9.17, 15) is 0 Å². The zero-order valence-corrected chi connectivity index (χ0v) is 10.7. The molecule has 1 heterocycles. The fourth-order valence-electron chi connectivity index (χ4n) is 1.06. The van der Waals surface area contributed by atoms with Gasteiger partial charge in [0.1, 0.15) is 0 Å². The van der Waals surface area contributed by atoms with Crippen LogP contribution in [0.4, 0.5) is 5.69 Å². The van der Waals surface area contributed by atoms with Gasteiger partial charge in [-0.3, -0.25) is 0 Å². The van der Waals surface area contributed by atoms with Gasteiger partial charge in [-0.25, -0.2) is 4.98 Å². The second-order valence-corrected chi connectivity index (χ2v) is 4.14. The van der Waals surface area contributed by atoms with Gasteiger partial charge in [-0.1, -0.05) is 23.2 Å². The lowest BCUT2D eigenvalue weighted by Gasteiger charge is -2.13. The van der Waals surface area contributed by atoms with E-state index >= 15 is 0 Å². The van der Waals surface area contributed by atoms with Crippen molar-refractivity contribution in [1.29, 1.82) is 0 Å². The summed E-state index contributed by atoms with van der Waals surface area (Å²) >= 11 is 11.2. The summed E-state index contributed by atoms with van der Waals surface area (Å²) in [7, 11) is 0. The Hall–Kier alpha value is -0.930. The summed E-state index contributed by atoms with van der Waals surface area (Å²) in [6.45, 7) is 4.35. The van der Waals surface area contributed by atoms with E-state index in [-0.39, 0.29) is 6.10 Å². The molecule has 0 spiro atoms. The van der Waals surface area contributed by atoms with Gasteiger partial charge in [0.15, 0.2) is 0 Å². The van der Waals surface area contributed by atoms with Crippen molar-refractivity contribution in [1.82, 2.24) is 4.98 Å². The van der Waals surface area contributed by atoms with Gasteiger partial charge in [0.25, 0.3) is 0 Å². The third-order valence-corrected chi connectivity index (χ3v) is 2.30. The van der Waals surface area contributed by atoms with Gasteiger partial charge in [-0.15, -0.1) is 0 Å². The van der Waals surface area contributed by atoms with E-state index in [2.05, 4.69) is 10.3 Å². The molecule has 0 aliphatic heterocycles. The summed E-state index contributed by atoms with van der Waals surface area (Å²) in [5.74, 6) is 0.566. The molecule has 0 aromatic carbocycles. The molecule has 0 fully saturated rings. The van der Waals surface area contributed by atoms with Crippen molar-refractivity contribution in [3.05, 3.63) is 28.9 Å². The van der Waals surface area contributed by atoms with Crippen molar-refractivity contribution in [3.63, 3.8) is 0 Å². The average molecular weight is 261 g/mol. The molecule has 88 valence electrons. The number of ether oxygens (including phenoxy) is 1. The summed E-state index contributed by atoms with van der Waals surface area (Å²) in [5, 5.41) is 3.63. The number of hydrogen-bond acceptors (Lipinski definition) is 3. The normalized spacial score (nSPS) is 11.7. The Bertz CT molecular complexity index is 367. The Morgan fingerprint density at radius 2 is 2.38 bits per heavy atom. The number of hydrogen-bond donors (Lipinski definition) is 1. The van der Waals surface area contributed by atoms with E-state index in [1.807, 2.05) is 26.0 Å². The number of rotatable bonds is 5. The van der Waals surface area contributed by atoms with Crippen LogP contribution in [0.3, 0.4) is 0 Å². The number of halogens is 2. The van der Waals surface area contributed by atoms with Crippen LogP contribution in [0.2, 0.25) is 0 Å². The molecule has 0 aliphatic carbocycles. The van der Waals surface area contributed by atoms with Gasteiger partial charge in [-0.05, 0) is 26.0 Å². The molecule has 0 atom stereocenters. The van der Waals surface area contributed by atoms with Gasteiger partial charge in [0.05, 0.1) is 18.3 Å². The minimum absolute atomic E-state index is 0.0782. The van der Waals surface area contributed by atoms with Crippen LogP contribution in [-0.2, 0) is 0 Å². The molecule has 1 rings (SSSR count). The minimum atomic E-state index is 0.0782. The second kappa shape index (κ2) is 6.61. The first-order valence-electron chi connectivity index (χ1n) is 4.93. The van der Waals surface area contributed by atoms with Crippen LogP contribution in [0.1, 0.15) is 13.8 Å². The fourth-order valence-corrected chi connectivity index (χ4v) is 1.20. The first kappa shape index (κ1) is 13.1. The monoisotopic (exact) mass is 260 g/mol. The third-order valence-electron chi connectivity index (χ3n) is 1.68. The molecule has 1 aromatic heterocycles. The summed E-state index contributed by atoms with van der Waals surface area (Å²) in [4.78, 5) is 4.14. The zero-order chi connectivity index (χ0) is 12.0. The number of anilines is 1. The molecule has 0 radical (unpaired) electrons. The van der Waals surface area contributed by atoms with Crippen molar-refractivity contribution in [2.24, 2.45) is 0 Å². The Morgan fingerprint density at radius 1 is 1.62 bits per heavy atom. The molecule has 1 N–H and O–H groups in total. The minimum Gasteiger partial charge on any atom is -0.473 e. The van der Waals surface area contributed by atoms with Crippen LogP contribution in [0.5, 0.6) is 5.88 Å². The van der Waals surface area contributed by atoms with Crippen molar-refractivity contribution < 1.29 is 4.74 Å². The van der Waals surface area contributed by atoms with Gasteiger partial charge >= 0.3 is 0 Å². The van der Waals surface area contributed by atoms with E-state index in [1.165, 1.54) is 5.54 Å². The van der Waals surface area contributed by atoms with Gasteiger partial charge < -0.3 is 10.1 Å². The predicted octanol–water partition coefficient (Wildman–Crippen LogP) is 3.60. The van der Waals surface area contributed by atoms with Gasteiger partial charge in [-0.2, -0.15) is 0 Å². The highest BCUT2D eigenvalue weighted by Crippen LogP contribution is 2.22. The van der Waals surface area contributed by atoms with Crippen molar-refractivity contribution in [2.45, 2.75) is 20.0 Å². The largest absolute Gasteiger partial charge is 0.473 e. The highest BCUT2D eigenvalue weighted by Gasteiger charge is 2.06. The maximum absolute atomic E-state index is 5.78. The van der Waals surface area contributed by atoms with Crippen LogP contribution < -0.4 is 10.1 Å². The maximum Gasteiger partial charge on any atom is 0.237 e. The zero-order valence-electron chi connectivity index (χ0n) is 9.21. The molecular formula is C11H14Cl2N2O. The van der Waals surface area contributed by atoms with Crippen molar-refractivity contribution in [2.75, 3.05) is 11.9 Å². The first-order chi connectivity index (χ1) is 7.63. The number of nitrogens with one attached hydrogen (secondary N) is 1. The molecule has 0 saturated heterocycles. The van der Waals surface area contributed by atoms with E-state index in [0.717, 1.165) is 5.69 Å². The smallest absolute Gasteiger partial charge is 0.237 e. The molecule has 3 nitrogen and oxygen atoms in total. The van der Waals surface area contributed by atoms with Crippen LogP contribution in [0.15, 0.2) is 28.9 Å².